The van der Waals surface area contributed by atoms with E-state index in [0.29, 0.717) is 5.25 Å². The van der Waals surface area contributed by atoms with E-state index in [2.05, 4.69) is 41.8 Å². The Morgan fingerprint density at radius 3 is 2.56 bits per heavy atom. The fourth-order valence-electron chi connectivity index (χ4n) is 3.37. The number of rotatable bonds is 4. The summed E-state index contributed by atoms with van der Waals surface area (Å²) < 4.78 is 2.25. The lowest BCUT2D eigenvalue weighted by atomic mass is 10.1. The molecule has 25 heavy (non-hydrogen) atoms. The van der Waals surface area contributed by atoms with Gasteiger partial charge in [-0.1, -0.05) is 72.1 Å². The highest BCUT2D eigenvalue weighted by molar-refractivity contribution is 7.99. The second kappa shape index (κ2) is 7.27. The van der Waals surface area contributed by atoms with Gasteiger partial charge in [-0.25, -0.2) is 4.98 Å². The van der Waals surface area contributed by atoms with Crippen LogP contribution in [-0.2, 0) is 0 Å². The largest absolute Gasteiger partial charge is 0.287 e. The van der Waals surface area contributed by atoms with Crippen LogP contribution >= 0.6 is 23.4 Å². The predicted molar refractivity (Wildman–Crippen MR) is 107 cm³/mol. The van der Waals surface area contributed by atoms with Gasteiger partial charge < -0.3 is 0 Å². The Bertz CT molecular complexity index is 864. The zero-order valence-electron chi connectivity index (χ0n) is 14.3. The molecule has 0 aliphatic heterocycles. The fraction of sp³-hybridized carbons (Fsp3) is 0.286. The van der Waals surface area contributed by atoms with Crippen LogP contribution in [0.2, 0.25) is 5.02 Å². The van der Waals surface area contributed by atoms with Gasteiger partial charge in [0, 0.05) is 21.5 Å². The van der Waals surface area contributed by atoms with E-state index in [1.165, 1.54) is 36.8 Å². The van der Waals surface area contributed by atoms with Gasteiger partial charge in [0.05, 0.1) is 11.9 Å². The van der Waals surface area contributed by atoms with Gasteiger partial charge in [-0.05, 0) is 38.0 Å². The molecular formula is C21H21ClN2S. The summed E-state index contributed by atoms with van der Waals surface area (Å²) in [6.07, 6.45) is 7.23. The summed E-state index contributed by atoms with van der Waals surface area (Å²) in [5, 5.41) is 2.48. The van der Waals surface area contributed by atoms with E-state index in [1.54, 1.807) is 0 Å². The molecule has 0 radical (unpaired) electrons. The normalized spacial score (nSPS) is 15.0. The van der Waals surface area contributed by atoms with Crippen molar-refractivity contribution in [2.45, 2.75) is 43.0 Å². The summed E-state index contributed by atoms with van der Waals surface area (Å²) in [5.74, 6) is 0. The number of halogens is 1. The summed E-state index contributed by atoms with van der Waals surface area (Å²) in [6, 6.07) is 16.7. The van der Waals surface area contributed by atoms with Crippen molar-refractivity contribution in [2.75, 3.05) is 0 Å². The van der Waals surface area contributed by atoms with Crippen molar-refractivity contribution in [3.63, 3.8) is 0 Å². The lowest BCUT2D eigenvalue weighted by molar-refractivity contribution is 0.861. The highest BCUT2D eigenvalue weighted by atomic mass is 35.5. The summed E-state index contributed by atoms with van der Waals surface area (Å²) in [6.45, 7) is 2.11. The van der Waals surface area contributed by atoms with Crippen molar-refractivity contribution < 1.29 is 0 Å². The van der Waals surface area contributed by atoms with Crippen LogP contribution in [0.3, 0.4) is 0 Å². The van der Waals surface area contributed by atoms with Crippen molar-refractivity contribution in [3.05, 3.63) is 65.3 Å². The minimum absolute atomic E-state index is 0.672. The lowest BCUT2D eigenvalue weighted by Crippen LogP contribution is -2.02. The Morgan fingerprint density at radius 2 is 1.84 bits per heavy atom. The maximum absolute atomic E-state index is 6.26. The highest BCUT2D eigenvalue weighted by Gasteiger charge is 2.21. The Morgan fingerprint density at radius 1 is 1.08 bits per heavy atom. The number of thioether (sulfide) groups is 1. The average Bonchev–Trinajstić information content (AvgIpc) is 3.26. The first-order chi connectivity index (χ1) is 12.2. The molecular weight excluding hydrogens is 348 g/mol. The first-order valence-corrected chi connectivity index (χ1v) is 10.0. The second-order valence-electron chi connectivity index (χ2n) is 6.63. The summed E-state index contributed by atoms with van der Waals surface area (Å²) in [7, 11) is 0. The number of imidazole rings is 1. The monoisotopic (exact) mass is 368 g/mol. The smallest absolute Gasteiger partial charge is 0.173 e. The molecule has 0 atom stereocenters. The van der Waals surface area contributed by atoms with Gasteiger partial charge in [0.25, 0.3) is 0 Å². The summed E-state index contributed by atoms with van der Waals surface area (Å²) >= 11 is 8.17. The molecule has 4 heteroatoms. The van der Waals surface area contributed by atoms with E-state index in [1.807, 2.05) is 36.2 Å². The van der Waals surface area contributed by atoms with Gasteiger partial charge in [-0.3, -0.25) is 4.57 Å². The molecule has 1 aliphatic carbocycles. The van der Waals surface area contributed by atoms with E-state index in [9.17, 15) is 0 Å². The maximum atomic E-state index is 6.26. The number of hydrogen-bond acceptors (Lipinski definition) is 2. The molecule has 0 unspecified atom stereocenters. The minimum atomic E-state index is 0.672. The maximum Gasteiger partial charge on any atom is 0.173 e. The van der Waals surface area contributed by atoms with Gasteiger partial charge in [0.2, 0.25) is 0 Å². The average molecular weight is 369 g/mol. The quantitative estimate of drug-likeness (QED) is 0.520. The zero-order chi connectivity index (χ0) is 17.2. The number of aryl methyl sites for hydroxylation is 1. The van der Waals surface area contributed by atoms with Crippen LogP contribution in [-0.4, -0.2) is 14.8 Å². The van der Waals surface area contributed by atoms with Crippen molar-refractivity contribution in [1.82, 2.24) is 9.55 Å². The van der Waals surface area contributed by atoms with Crippen LogP contribution in [0.15, 0.2) is 59.9 Å². The van der Waals surface area contributed by atoms with Crippen molar-refractivity contribution in [3.8, 4) is 16.9 Å². The van der Waals surface area contributed by atoms with E-state index >= 15 is 0 Å². The number of hydrogen-bond donors (Lipinski definition) is 0. The first-order valence-electron chi connectivity index (χ1n) is 8.78. The molecule has 2 nitrogen and oxygen atoms in total. The first kappa shape index (κ1) is 16.7. The third-order valence-corrected chi connectivity index (χ3v) is 6.26. The van der Waals surface area contributed by atoms with Gasteiger partial charge >= 0.3 is 0 Å². The van der Waals surface area contributed by atoms with Crippen LogP contribution < -0.4 is 0 Å². The molecule has 0 amide bonds. The molecule has 1 aromatic heterocycles. The van der Waals surface area contributed by atoms with Crippen LogP contribution in [0, 0.1) is 6.92 Å². The van der Waals surface area contributed by atoms with Crippen LogP contribution in [0.5, 0.6) is 0 Å². The van der Waals surface area contributed by atoms with E-state index in [-0.39, 0.29) is 0 Å². The Labute approximate surface area is 158 Å². The number of benzene rings is 2. The summed E-state index contributed by atoms with van der Waals surface area (Å²) in [4.78, 5) is 4.77. The topological polar surface area (TPSA) is 17.8 Å². The van der Waals surface area contributed by atoms with E-state index in [0.717, 1.165) is 21.6 Å². The summed E-state index contributed by atoms with van der Waals surface area (Å²) in [5.41, 5.74) is 4.62. The molecule has 1 fully saturated rings. The highest BCUT2D eigenvalue weighted by Crippen LogP contribution is 2.37. The minimum Gasteiger partial charge on any atom is -0.287 e. The van der Waals surface area contributed by atoms with Gasteiger partial charge in [-0.15, -0.1) is 0 Å². The van der Waals surface area contributed by atoms with Gasteiger partial charge in [0.1, 0.15) is 0 Å². The molecule has 128 valence electrons. The molecule has 1 heterocycles. The van der Waals surface area contributed by atoms with Crippen molar-refractivity contribution >= 4 is 23.4 Å². The molecule has 0 bridgehead atoms. The molecule has 4 rings (SSSR count). The molecule has 0 N–H and O–H groups in total. The standard InChI is InChI=1S/C21H21ClN2S/c1-15-9-11-16(12-10-15)20-14-23-21(25-19-7-2-3-8-19)24(20)18-6-4-5-17(22)13-18/h4-6,9-14,19H,2-3,7-8H2,1H3. The Kier molecular flexibility index (Phi) is 4.87. The van der Waals surface area contributed by atoms with E-state index < -0.39 is 0 Å². The SMILES string of the molecule is Cc1ccc(-c2cnc(SC3CCCC3)n2-c2cccc(Cl)c2)cc1. The fourth-order valence-corrected chi connectivity index (χ4v) is 4.84. The van der Waals surface area contributed by atoms with Gasteiger partial charge in [0.15, 0.2) is 5.16 Å². The number of nitrogens with zero attached hydrogens (tertiary/aromatic N) is 2. The van der Waals surface area contributed by atoms with Crippen molar-refractivity contribution in [2.24, 2.45) is 0 Å². The Hall–Kier alpha value is -1.71. The molecule has 1 aliphatic rings. The molecule has 3 aromatic rings. The van der Waals surface area contributed by atoms with Gasteiger partial charge in [-0.2, -0.15) is 0 Å². The molecule has 0 spiro atoms. The third kappa shape index (κ3) is 3.63. The molecule has 1 saturated carbocycles. The molecule has 0 saturated heterocycles. The van der Waals surface area contributed by atoms with Crippen molar-refractivity contribution in [1.29, 1.82) is 0 Å². The Balaban J connectivity index is 1.80. The molecule has 2 aromatic carbocycles. The van der Waals surface area contributed by atoms with E-state index in [4.69, 9.17) is 16.6 Å². The van der Waals surface area contributed by atoms with Crippen LogP contribution in [0.4, 0.5) is 0 Å². The third-order valence-electron chi connectivity index (χ3n) is 4.72. The second-order valence-corrected chi connectivity index (χ2v) is 8.34. The lowest BCUT2D eigenvalue weighted by Gasteiger charge is -2.14. The zero-order valence-corrected chi connectivity index (χ0v) is 15.9. The predicted octanol–water partition coefficient (Wildman–Crippen LogP) is 6.54. The van der Waals surface area contributed by atoms with Crippen LogP contribution in [0.1, 0.15) is 31.2 Å². The van der Waals surface area contributed by atoms with Crippen LogP contribution in [0.25, 0.3) is 16.9 Å². The number of aromatic nitrogens is 2.